The molecule has 0 fully saturated rings. The number of nitrogens with one attached hydrogen (secondary N) is 1. The Morgan fingerprint density at radius 1 is 1.20 bits per heavy atom. The van der Waals surface area contributed by atoms with Gasteiger partial charge < -0.3 is 5.32 Å². The number of aromatic nitrogens is 1. The van der Waals surface area contributed by atoms with Gasteiger partial charge in [0.1, 0.15) is 5.15 Å². The van der Waals surface area contributed by atoms with E-state index in [9.17, 15) is 0 Å². The third-order valence-corrected chi connectivity index (χ3v) is 3.31. The number of anilines is 2. The molecule has 0 radical (unpaired) electrons. The zero-order chi connectivity index (χ0) is 10.8. The number of halogens is 3. The van der Waals surface area contributed by atoms with Crippen molar-refractivity contribution in [1.82, 2.24) is 4.98 Å². The summed E-state index contributed by atoms with van der Waals surface area (Å²) in [6.07, 6.45) is 0. The highest BCUT2D eigenvalue weighted by Gasteiger charge is 2.07. The molecule has 0 unspecified atom stereocenters. The van der Waals surface area contributed by atoms with Gasteiger partial charge >= 0.3 is 0 Å². The first-order valence-electron chi connectivity index (χ1n) is 3.97. The summed E-state index contributed by atoms with van der Waals surface area (Å²) in [4.78, 5) is 4.04. The van der Waals surface area contributed by atoms with Crippen LogP contribution in [0.2, 0.25) is 15.2 Å². The lowest BCUT2D eigenvalue weighted by Crippen LogP contribution is -1.93. The van der Waals surface area contributed by atoms with Crippen LogP contribution in [0.5, 0.6) is 0 Å². The molecular formula is C9H5Cl3N2S. The van der Waals surface area contributed by atoms with Crippen molar-refractivity contribution in [1.29, 1.82) is 0 Å². The van der Waals surface area contributed by atoms with Crippen LogP contribution in [-0.2, 0) is 0 Å². The van der Waals surface area contributed by atoms with Gasteiger partial charge in [-0.2, -0.15) is 11.3 Å². The van der Waals surface area contributed by atoms with Gasteiger partial charge in [-0.15, -0.1) is 0 Å². The molecule has 0 aliphatic heterocycles. The predicted molar refractivity (Wildman–Crippen MR) is 66.9 cm³/mol. The smallest absolute Gasteiger partial charge is 0.151 e. The van der Waals surface area contributed by atoms with Gasteiger partial charge in [0.15, 0.2) is 5.82 Å². The first-order chi connectivity index (χ1) is 7.16. The summed E-state index contributed by atoms with van der Waals surface area (Å²) < 4.78 is 0. The van der Waals surface area contributed by atoms with E-state index in [0.29, 0.717) is 15.9 Å². The lowest BCUT2D eigenvalue weighted by molar-refractivity contribution is 1.31. The summed E-state index contributed by atoms with van der Waals surface area (Å²) in [5.74, 6) is 0.504. The first kappa shape index (κ1) is 11.0. The number of hydrogen-bond donors (Lipinski definition) is 1. The van der Waals surface area contributed by atoms with Crippen LogP contribution >= 0.6 is 46.1 Å². The SMILES string of the molecule is Clc1cc(Cl)c(Nc2ccsc2)nc1Cl. The summed E-state index contributed by atoms with van der Waals surface area (Å²) >= 11 is 19.1. The Hall–Kier alpha value is -0.480. The normalized spacial score (nSPS) is 10.3. The molecule has 6 heteroatoms. The van der Waals surface area contributed by atoms with Crippen molar-refractivity contribution in [3.05, 3.63) is 38.1 Å². The molecular weight excluding hydrogens is 275 g/mol. The quantitative estimate of drug-likeness (QED) is 0.795. The summed E-state index contributed by atoms with van der Waals surface area (Å²) in [6.45, 7) is 0. The third kappa shape index (κ3) is 2.55. The van der Waals surface area contributed by atoms with E-state index >= 15 is 0 Å². The summed E-state index contributed by atoms with van der Waals surface area (Å²) in [7, 11) is 0. The lowest BCUT2D eigenvalue weighted by atomic mass is 10.4. The molecule has 0 amide bonds. The van der Waals surface area contributed by atoms with Gasteiger partial charge in [-0.3, -0.25) is 0 Å². The van der Waals surface area contributed by atoms with Crippen LogP contribution in [0, 0.1) is 0 Å². The van der Waals surface area contributed by atoms with E-state index in [-0.39, 0.29) is 5.15 Å². The van der Waals surface area contributed by atoms with Crippen molar-refractivity contribution in [2.75, 3.05) is 5.32 Å². The van der Waals surface area contributed by atoms with E-state index in [1.807, 2.05) is 16.8 Å². The predicted octanol–water partition coefficient (Wildman–Crippen LogP) is 4.85. The fourth-order valence-electron chi connectivity index (χ4n) is 1.00. The molecule has 1 N–H and O–H groups in total. The molecule has 0 bridgehead atoms. The lowest BCUT2D eigenvalue weighted by Gasteiger charge is -2.06. The van der Waals surface area contributed by atoms with Crippen LogP contribution in [0.25, 0.3) is 0 Å². The average Bonchev–Trinajstić information content (AvgIpc) is 2.67. The van der Waals surface area contributed by atoms with Crippen molar-refractivity contribution in [3.63, 3.8) is 0 Å². The molecule has 2 aromatic heterocycles. The van der Waals surface area contributed by atoms with E-state index < -0.39 is 0 Å². The number of thiophene rings is 1. The van der Waals surface area contributed by atoms with E-state index in [2.05, 4.69) is 10.3 Å². The summed E-state index contributed by atoms with van der Waals surface area (Å²) in [5.41, 5.74) is 0.924. The van der Waals surface area contributed by atoms with Gasteiger partial charge in [-0.25, -0.2) is 4.98 Å². The second-order valence-corrected chi connectivity index (χ2v) is 4.68. The number of nitrogens with zero attached hydrogens (tertiary/aromatic N) is 1. The van der Waals surface area contributed by atoms with E-state index in [4.69, 9.17) is 34.8 Å². The van der Waals surface area contributed by atoms with E-state index in [1.54, 1.807) is 17.4 Å². The van der Waals surface area contributed by atoms with Crippen molar-refractivity contribution in [2.24, 2.45) is 0 Å². The first-order valence-corrected chi connectivity index (χ1v) is 6.05. The minimum Gasteiger partial charge on any atom is -0.338 e. The molecule has 0 saturated carbocycles. The van der Waals surface area contributed by atoms with Crippen molar-refractivity contribution < 1.29 is 0 Å². The molecule has 0 aromatic carbocycles. The van der Waals surface area contributed by atoms with Crippen molar-refractivity contribution >= 4 is 57.6 Å². The molecule has 78 valence electrons. The molecule has 15 heavy (non-hydrogen) atoms. The zero-order valence-corrected chi connectivity index (χ0v) is 10.4. The van der Waals surface area contributed by atoms with Crippen molar-refractivity contribution in [3.8, 4) is 0 Å². The van der Waals surface area contributed by atoms with Crippen molar-refractivity contribution in [2.45, 2.75) is 0 Å². The van der Waals surface area contributed by atoms with Crippen LogP contribution in [0.4, 0.5) is 11.5 Å². The molecule has 0 atom stereocenters. The van der Waals surface area contributed by atoms with Gasteiger partial charge in [0.2, 0.25) is 0 Å². The average molecular weight is 280 g/mol. The Labute approximate surface area is 106 Å². The van der Waals surface area contributed by atoms with Gasteiger partial charge in [-0.1, -0.05) is 34.8 Å². The highest BCUT2D eigenvalue weighted by atomic mass is 35.5. The Morgan fingerprint density at radius 2 is 2.00 bits per heavy atom. The largest absolute Gasteiger partial charge is 0.338 e. The fourth-order valence-corrected chi connectivity index (χ4v) is 2.14. The molecule has 0 aliphatic rings. The standard InChI is InChI=1S/C9H5Cl3N2S/c10-6-3-7(11)9(14-8(6)12)13-5-1-2-15-4-5/h1-4H,(H,13,14). The van der Waals surface area contributed by atoms with Gasteiger partial charge in [0.05, 0.1) is 15.7 Å². The van der Waals surface area contributed by atoms with Crippen LogP contribution in [0.15, 0.2) is 22.9 Å². The Bertz CT molecular complexity index is 470. The maximum Gasteiger partial charge on any atom is 0.151 e. The minimum atomic E-state index is 0.235. The number of hydrogen-bond acceptors (Lipinski definition) is 3. The highest BCUT2D eigenvalue weighted by molar-refractivity contribution is 7.08. The van der Waals surface area contributed by atoms with Crippen LogP contribution in [-0.4, -0.2) is 4.98 Å². The number of pyridine rings is 1. The second-order valence-electron chi connectivity index (χ2n) is 2.73. The third-order valence-electron chi connectivity index (χ3n) is 1.67. The number of rotatable bonds is 2. The maximum absolute atomic E-state index is 5.95. The minimum absolute atomic E-state index is 0.235. The Kier molecular flexibility index (Phi) is 3.36. The highest BCUT2D eigenvalue weighted by Crippen LogP contribution is 2.30. The van der Waals surface area contributed by atoms with Gasteiger partial charge in [0, 0.05) is 5.38 Å². The second kappa shape index (κ2) is 4.58. The van der Waals surface area contributed by atoms with Crippen LogP contribution in [0.3, 0.4) is 0 Å². The molecule has 0 saturated heterocycles. The molecule has 2 aromatic rings. The topological polar surface area (TPSA) is 24.9 Å². The molecule has 2 heterocycles. The zero-order valence-electron chi connectivity index (χ0n) is 7.30. The molecule has 2 nitrogen and oxygen atoms in total. The Morgan fingerprint density at radius 3 is 2.67 bits per heavy atom. The van der Waals surface area contributed by atoms with Crippen LogP contribution in [0.1, 0.15) is 0 Å². The summed E-state index contributed by atoms with van der Waals surface area (Å²) in [6, 6.07) is 3.48. The summed E-state index contributed by atoms with van der Waals surface area (Å²) in [5, 5.41) is 7.96. The molecule has 0 spiro atoms. The Balaban J connectivity index is 2.33. The molecule has 2 rings (SSSR count). The van der Waals surface area contributed by atoms with Crippen LogP contribution < -0.4 is 5.32 Å². The molecule has 0 aliphatic carbocycles. The van der Waals surface area contributed by atoms with E-state index in [0.717, 1.165) is 5.69 Å². The van der Waals surface area contributed by atoms with E-state index in [1.165, 1.54) is 0 Å². The maximum atomic E-state index is 5.95. The fraction of sp³-hybridized carbons (Fsp3) is 0. The van der Waals surface area contributed by atoms with Gasteiger partial charge in [-0.05, 0) is 17.5 Å². The van der Waals surface area contributed by atoms with Gasteiger partial charge in [0.25, 0.3) is 0 Å². The monoisotopic (exact) mass is 278 g/mol.